The molecule has 0 spiro atoms. The number of hydrogen-bond donors (Lipinski definition) is 3. The number of anilines is 1. The summed E-state index contributed by atoms with van der Waals surface area (Å²) in [7, 11) is 0. The van der Waals surface area contributed by atoms with Crippen LogP contribution in [0.25, 0.3) is 10.9 Å². The third kappa shape index (κ3) is 3.10. The molecular formula is C15H18N4O2. The molecule has 2 aromatic rings. The number of aromatic nitrogens is 1. The maximum atomic E-state index is 12.1. The molecule has 0 radical (unpaired) electrons. The van der Waals surface area contributed by atoms with Crippen LogP contribution in [0.1, 0.15) is 20.3 Å². The minimum absolute atomic E-state index is 0.406. The van der Waals surface area contributed by atoms with Crippen molar-refractivity contribution in [2.24, 2.45) is 5.73 Å². The second-order valence-electron chi connectivity index (χ2n) is 5.01. The van der Waals surface area contributed by atoms with Crippen LogP contribution in [0, 0.1) is 0 Å². The number of rotatable bonds is 4. The molecule has 6 heteroatoms. The number of carbonyl (C=O) groups is 2. The minimum Gasteiger partial charge on any atom is -0.368 e. The number of nitrogens with one attached hydrogen (secondary N) is 2. The Balaban J connectivity index is 2.21. The predicted octanol–water partition coefficient (Wildman–Crippen LogP) is 2.01. The number of pyridine rings is 1. The van der Waals surface area contributed by atoms with Crippen LogP contribution in [0.3, 0.4) is 0 Å². The summed E-state index contributed by atoms with van der Waals surface area (Å²) in [4.78, 5) is 27.7. The monoisotopic (exact) mass is 286 g/mol. The topological polar surface area (TPSA) is 97.1 Å². The molecule has 21 heavy (non-hydrogen) atoms. The number of fused-ring (bicyclic) bond motifs is 1. The van der Waals surface area contributed by atoms with E-state index >= 15 is 0 Å². The highest BCUT2D eigenvalue weighted by Gasteiger charge is 2.30. The number of benzene rings is 1. The number of para-hydroxylation sites is 1. The van der Waals surface area contributed by atoms with E-state index in [1.165, 1.54) is 0 Å². The molecule has 1 aromatic carbocycles. The highest BCUT2D eigenvalue weighted by molar-refractivity contribution is 6.01. The Labute approximate surface area is 122 Å². The van der Waals surface area contributed by atoms with Gasteiger partial charge in [0.25, 0.3) is 0 Å². The summed E-state index contributed by atoms with van der Waals surface area (Å²) < 4.78 is 0. The summed E-state index contributed by atoms with van der Waals surface area (Å²) in [6, 6.07) is 8.73. The summed E-state index contributed by atoms with van der Waals surface area (Å²) in [6.07, 6.45) is 2.06. The van der Waals surface area contributed by atoms with Gasteiger partial charge in [0.1, 0.15) is 5.54 Å². The van der Waals surface area contributed by atoms with Crippen LogP contribution in [-0.4, -0.2) is 22.5 Å². The summed E-state index contributed by atoms with van der Waals surface area (Å²) >= 11 is 0. The van der Waals surface area contributed by atoms with Crippen LogP contribution < -0.4 is 16.4 Å². The second kappa shape index (κ2) is 5.78. The van der Waals surface area contributed by atoms with E-state index in [0.29, 0.717) is 17.6 Å². The number of urea groups is 1. The van der Waals surface area contributed by atoms with Crippen molar-refractivity contribution in [3.8, 4) is 0 Å². The van der Waals surface area contributed by atoms with Gasteiger partial charge in [-0.25, -0.2) is 4.79 Å². The number of hydrogen-bond acceptors (Lipinski definition) is 3. The van der Waals surface area contributed by atoms with Crippen LogP contribution in [-0.2, 0) is 4.79 Å². The average Bonchev–Trinajstić information content (AvgIpc) is 2.47. The quantitative estimate of drug-likeness (QED) is 0.802. The largest absolute Gasteiger partial charge is 0.368 e. The van der Waals surface area contributed by atoms with Crippen LogP contribution in [0.15, 0.2) is 36.5 Å². The van der Waals surface area contributed by atoms with Gasteiger partial charge in [-0.1, -0.05) is 25.1 Å². The fourth-order valence-corrected chi connectivity index (χ4v) is 1.93. The van der Waals surface area contributed by atoms with Crippen molar-refractivity contribution < 1.29 is 9.59 Å². The van der Waals surface area contributed by atoms with Gasteiger partial charge < -0.3 is 16.4 Å². The van der Waals surface area contributed by atoms with E-state index < -0.39 is 17.5 Å². The van der Waals surface area contributed by atoms with Crippen molar-refractivity contribution >= 4 is 28.5 Å². The van der Waals surface area contributed by atoms with Crippen molar-refractivity contribution in [1.82, 2.24) is 10.3 Å². The molecule has 0 aliphatic rings. The van der Waals surface area contributed by atoms with Crippen LogP contribution in [0.2, 0.25) is 0 Å². The molecule has 0 bridgehead atoms. The first-order chi connectivity index (χ1) is 9.96. The summed E-state index contributed by atoms with van der Waals surface area (Å²) in [6.45, 7) is 3.38. The summed E-state index contributed by atoms with van der Waals surface area (Å²) in [5.74, 6) is -0.573. The van der Waals surface area contributed by atoms with E-state index in [4.69, 9.17) is 5.73 Å². The van der Waals surface area contributed by atoms with Crippen LogP contribution in [0.5, 0.6) is 0 Å². The molecule has 0 aliphatic heterocycles. The molecule has 0 saturated carbocycles. The highest BCUT2D eigenvalue weighted by atomic mass is 16.2. The Hall–Kier alpha value is -2.63. The zero-order valence-corrected chi connectivity index (χ0v) is 12.0. The Morgan fingerprint density at radius 1 is 1.29 bits per heavy atom. The zero-order valence-electron chi connectivity index (χ0n) is 12.0. The molecule has 1 atom stereocenters. The molecule has 1 heterocycles. The van der Waals surface area contributed by atoms with E-state index in [-0.39, 0.29) is 0 Å². The van der Waals surface area contributed by atoms with Crippen molar-refractivity contribution in [2.45, 2.75) is 25.8 Å². The van der Waals surface area contributed by atoms with Gasteiger partial charge in [-0.15, -0.1) is 0 Å². The SMILES string of the molecule is CC[C@@](C)(NC(=O)Nc1cccc2cccnc12)C(N)=O. The van der Waals surface area contributed by atoms with E-state index in [1.54, 1.807) is 26.1 Å². The first-order valence-corrected chi connectivity index (χ1v) is 6.69. The molecule has 1 aromatic heterocycles. The molecule has 3 amide bonds. The average molecular weight is 286 g/mol. The Morgan fingerprint density at radius 2 is 2.00 bits per heavy atom. The van der Waals surface area contributed by atoms with Gasteiger partial charge in [0.15, 0.2) is 0 Å². The van der Waals surface area contributed by atoms with Gasteiger partial charge in [-0.2, -0.15) is 0 Å². The Bertz CT molecular complexity index is 681. The third-order valence-corrected chi connectivity index (χ3v) is 3.52. The van der Waals surface area contributed by atoms with Crippen molar-refractivity contribution in [3.63, 3.8) is 0 Å². The summed E-state index contributed by atoms with van der Waals surface area (Å²) in [5, 5.41) is 6.23. The van der Waals surface area contributed by atoms with Gasteiger partial charge in [0.05, 0.1) is 11.2 Å². The highest BCUT2D eigenvalue weighted by Crippen LogP contribution is 2.20. The fourth-order valence-electron chi connectivity index (χ4n) is 1.93. The molecule has 2 rings (SSSR count). The van der Waals surface area contributed by atoms with E-state index in [2.05, 4.69) is 15.6 Å². The van der Waals surface area contributed by atoms with Gasteiger partial charge >= 0.3 is 6.03 Å². The van der Waals surface area contributed by atoms with Crippen molar-refractivity contribution in [2.75, 3.05) is 5.32 Å². The zero-order chi connectivity index (χ0) is 15.5. The Morgan fingerprint density at radius 3 is 2.67 bits per heavy atom. The van der Waals surface area contributed by atoms with E-state index in [0.717, 1.165) is 5.39 Å². The number of nitrogens with zero attached hydrogens (tertiary/aromatic N) is 1. The van der Waals surface area contributed by atoms with Gasteiger partial charge in [-0.3, -0.25) is 9.78 Å². The standard InChI is InChI=1S/C15H18N4O2/c1-3-15(2,13(16)20)19-14(21)18-11-8-4-6-10-7-5-9-17-12(10)11/h4-9H,3H2,1-2H3,(H2,16,20)(H2,18,19,21)/t15-/m1/s1. The molecule has 4 N–H and O–H groups in total. The number of primary amides is 1. The second-order valence-corrected chi connectivity index (χ2v) is 5.01. The lowest BCUT2D eigenvalue weighted by Gasteiger charge is -2.25. The molecule has 0 saturated heterocycles. The predicted molar refractivity (Wildman–Crippen MR) is 81.8 cm³/mol. The molecule has 110 valence electrons. The molecule has 0 unspecified atom stereocenters. The normalized spacial score (nSPS) is 13.4. The van der Waals surface area contributed by atoms with Gasteiger partial charge in [0, 0.05) is 11.6 Å². The van der Waals surface area contributed by atoms with Gasteiger partial charge in [0.2, 0.25) is 5.91 Å². The van der Waals surface area contributed by atoms with E-state index in [1.807, 2.05) is 24.3 Å². The lowest BCUT2D eigenvalue weighted by atomic mass is 9.98. The lowest BCUT2D eigenvalue weighted by molar-refractivity contribution is -0.123. The van der Waals surface area contributed by atoms with Gasteiger partial charge in [-0.05, 0) is 25.5 Å². The molecule has 0 aliphatic carbocycles. The number of amides is 3. The Kier molecular flexibility index (Phi) is 4.07. The smallest absolute Gasteiger partial charge is 0.320 e. The first-order valence-electron chi connectivity index (χ1n) is 6.69. The number of nitrogens with two attached hydrogens (primary N) is 1. The van der Waals surface area contributed by atoms with Crippen LogP contribution in [0.4, 0.5) is 10.5 Å². The molecule has 0 fully saturated rings. The summed E-state index contributed by atoms with van der Waals surface area (Å²) in [5.41, 5.74) is 5.50. The number of carbonyl (C=O) groups excluding carboxylic acids is 2. The lowest BCUT2D eigenvalue weighted by Crippen LogP contribution is -2.56. The maximum absolute atomic E-state index is 12.1. The maximum Gasteiger partial charge on any atom is 0.320 e. The molecular weight excluding hydrogens is 268 g/mol. The first kappa shape index (κ1) is 14.8. The third-order valence-electron chi connectivity index (χ3n) is 3.52. The molecule has 6 nitrogen and oxygen atoms in total. The van der Waals surface area contributed by atoms with Crippen molar-refractivity contribution in [1.29, 1.82) is 0 Å². The van der Waals surface area contributed by atoms with Crippen LogP contribution >= 0.6 is 0 Å². The van der Waals surface area contributed by atoms with E-state index in [9.17, 15) is 9.59 Å². The van der Waals surface area contributed by atoms with Crippen molar-refractivity contribution in [3.05, 3.63) is 36.5 Å². The fraction of sp³-hybridized carbons (Fsp3) is 0.267. The minimum atomic E-state index is -1.08.